The highest BCUT2D eigenvalue weighted by atomic mass is 32.2. The van der Waals surface area contributed by atoms with Gasteiger partial charge in [-0.25, -0.2) is 12.7 Å². The van der Waals surface area contributed by atoms with Crippen LogP contribution in [0, 0.1) is 5.41 Å². The van der Waals surface area contributed by atoms with Crippen LogP contribution in [0.4, 0.5) is 0 Å². The molecule has 0 aliphatic heterocycles. The van der Waals surface area contributed by atoms with Crippen molar-refractivity contribution >= 4 is 15.9 Å². The van der Waals surface area contributed by atoms with Crippen LogP contribution >= 0.6 is 0 Å². The zero-order chi connectivity index (χ0) is 9.23. The van der Waals surface area contributed by atoms with Crippen LogP contribution in [0.2, 0.25) is 0 Å². The summed E-state index contributed by atoms with van der Waals surface area (Å²) in [6.45, 7) is 1.39. The van der Waals surface area contributed by atoms with Crippen LogP contribution in [0.25, 0.3) is 0 Å². The van der Waals surface area contributed by atoms with Gasteiger partial charge in [-0.3, -0.25) is 5.41 Å². The molecule has 1 unspecified atom stereocenters. The molecule has 0 amide bonds. The van der Waals surface area contributed by atoms with Gasteiger partial charge in [-0.15, -0.1) is 0 Å². The highest BCUT2D eigenvalue weighted by molar-refractivity contribution is 7.90. The Labute approximate surface area is 66.7 Å². The van der Waals surface area contributed by atoms with E-state index in [0.717, 1.165) is 4.31 Å². The molecule has 0 aliphatic carbocycles. The van der Waals surface area contributed by atoms with E-state index >= 15 is 0 Å². The maximum absolute atomic E-state index is 11.2. The van der Waals surface area contributed by atoms with Gasteiger partial charge in [0.05, 0.1) is 0 Å². The molecule has 0 spiro atoms. The van der Waals surface area contributed by atoms with E-state index in [1.54, 1.807) is 0 Å². The van der Waals surface area contributed by atoms with Crippen LogP contribution in [-0.4, -0.2) is 37.9 Å². The molecule has 0 fully saturated rings. The van der Waals surface area contributed by atoms with Crippen LogP contribution < -0.4 is 5.73 Å². The lowest BCUT2D eigenvalue weighted by Gasteiger charge is -2.16. The first kappa shape index (κ1) is 10.4. The van der Waals surface area contributed by atoms with E-state index in [4.69, 9.17) is 11.1 Å². The van der Waals surface area contributed by atoms with E-state index in [1.807, 2.05) is 0 Å². The highest BCUT2D eigenvalue weighted by Gasteiger charge is 2.25. The van der Waals surface area contributed by atoms with Gasteiger partial charge in [-0.2, -0.15) is 0 Å². The number of sulfonamides is 1. The van der Waals surface area contributed by atoms with Gasteiger partial charge in [-0.1, -0.05) is 0 Å². The van der Waals surface area contributed by atoms with Crippen molar-refractivity contribution in [3.05, 3.63) is 0 Å². The number of hydrogen-bond acceptors (Lipinski definition) is 3. The molecule has 5 nitrogen and oxygen atoms in total. The zero-order valence-corrected chi connectivity index (χ0v) is 7.64. The third-order valence-corrected chi connectivity index (χ3v) is 3.56. The lowest BCUT2D eigenvalue weighted by atomic mass is 10.4. The van der Waals surface area contributed by atoms with Gasteiger partial charge in [-0.05, 0) is 6.92 Å². The summed E-state index contributed by atoms with van der Waals surface area (Å²) in [6, 6.07) is 0. The third kappa shape index (κ3) is 2.16. The Morgan fingerprint density at radius 2 is 1.91 bits per heavy atom. The molecule has 0 heterocycles. The SMILES string of the molecule is CC(C(=N)N)S(=O)(=O)N(C)C. The molecule has 0 aromatic heterocycles. The van der Waals surface area contributed by atoms with Crippen molar-refractivity contribution in [2.75, 3.05) is 14.1 Å². The van der Waals surface area contributed by atoms with Crippen molar-refractivity contribution in [3.8, 4) is 0 Å². The second-order valence-corrected chi connectivity index (χ2v) is 4.89. The fraction of sp³-hybridized carbons (Fsp3) is 0.800. The predicted molar refractivity (Wildman–Crippen MR) is 44.0 cm³/mol. The molecule has 66 valence electrons. The summed E-state index contributed by atoms with van der Waals surface area (Å²) in [6.07, 6.45) is 0. The summed E-state index contributed by atoms with van der Waals surface area (Å²) in [7, 11) is -0.569. The summed E-state index contributed by atoms with van der Waals surface area (Å²) in [4.78, 5) is 0. The third-order valence-electron chi connectivity index (χ3n) is 1.39. The Morgan fingerprint density at radius 3 is 2.00 bits per heavy atom. The van der Waals surface area contributed by atoms with Crippen molar-refractivity contribution in [2.45, 2.75) is 12.2 Å². The maximum atomic E-state index is 11.2. The Balaban J connectivity index is 4.72. The van der Waals surface area contributed by atoms with Crippen LogP contribution in [0.15, 0.2) is 0 Å². The molecule has 0 rings (SSSR count). The van der Waals surface area contributed by atoms with Crippen molar-refractivity contribution < 1.29 is 8.42 Å². The number of amidine groups is 1. The van der Waals surface area contributed by atoms with Gasteiger partial charge >= 0.3 is 0 Å². The second kappa shape index (κ2) is 3.19. The minimum absolute atomic E-state index is 0.335. The van der Waals surface area contributed by atoms with Crippen LogP contribution in [-0.2, 0) is 10.0 Å². The summed E-state index contributed by atoms with van der Waals surface area (Å²) in [5, 5.41) is 5.99. The quantitative estimate of drug-likeness (QED) is 0.439. The van der Waals surface area contributed by atoms with E-state index < -0.39 is 15.3 Å². The number of nitrogens with zero attached hydrogens (tertiary/aromatic N) is 1. The lowest BCUT2D eigenvalue weighted by molar-refractivity contribution is 0.517. The van der Waals surface area contributed by atoms with Crippen LogP contribution in [0.1, 0.15) is 6.92 Å². The molecule has 11 heavy (non-hydrogen) atoms. The molecule has 6 heteroatoms. The number of hydrogen-bond donors (Lipinski definition) is 2. The van der Waals surface area contributed by atoms with Gasteiger partial charge in [0.2, 0.25) is 10.0 Å². The molecule has 0 aromatic carbocycles. The molecule has 0 aromatic rings. The second-order valence-electron chi connectivity index (χ2n) is 2.42. The fourth-order valence-electron chi connectivity index (χ4n) is 0.477. The molecular formula is C5H13N3O2S. The van der Waals surface area contributed by atoms with Crippen molar-refractivity contribution in [1.29, 1.82) is 5.41 Å². The summed E-state index contributed by atoms with van der Waals surface area (Å²) in [5.74, 6) is -0.335. The van der Waals surface area contributed by atoms with Crippen LogP contribution in [0.3, 0.4) is 0 Å². The maximum Gasteiger partial charge on any atom is 0.223 e. The van der Waals surface area contributed by atoms with E-state index in [2.05, 4.69) is 0 Å². The largest absolute Gasteiger partial charge is 0.387 e. The molecule has 3 N–H and O–H groups in total. The lowest BCUT2D eigenvalue weighted by Crippen LogP contribution is -2.39. The molecule has 1 atom stereocenters. The Hall–Kier alpha value is -0.620. The minimum Gasteiger partial charge on any atom is -0.387 e. The Kier molecular flexibility index (Phi) is 3.01. The van der Waals surface area contributed by atoms with Crippen molar-refractivity contribution in [1.82, 2.24) is 4.31 Å². The number of nitrogens with two attached hydrogens (primary N) is 1. The molecule has 0 saturated carbocycles. The van der Waals surface area contributed by atoms with E-state index in [0.29, 0.717) is 0 Å². The van der Waals surface area contributed by atoms with Crippen molar-refractivity contribution in [2.24, 2.45) is 5.73 Å². The standard InChI is InChI=1S/C5H13N3O2S/c1-4(5(6)7)11(9,10)8(2)3/h4H,1-3H3,(H3,6,7). The van der Waals surface area contributed by atoms with Gasteiger partial charge < -0.3 is 5.73 Å². The molecule has 0 radical (unpaired) electrons. The predicted octanol–water partition coefficient (Wildman–Crippen LogP) is -0.798. The Morgan fingerprint density at radius 1 is 1.55 bits per heavy atom. The van der Waals surface area contributed by atoms with Gasteiger partial charge in [0, 0.05) is 14.1 Å². The first-order valence-electron chi connectivity index (χ1n) is 3.05. The average molecular weight is 179 g/mol. The van der Waals surface area contributed by atoms with Gasteiger partial charge in [0.1, 0.15) is 11.1 Å². The summed E-state index contributed by atoms with van der Waals surface area (Å²) in [5.41, 5.74) is 5.04. The van der Waals surface area contributed by atoms with Crippen molar-refractivity contribution in [3.63, 3.8) is 0 Å². The topological polar surface area (TPSA) is 87.2 Å². The van der Waals surface area contributed by atoms with Gasteiger partial charge in [0.15, 0.2) is 0 Å². The van der Waals surface area contributed by atoms with Gasteiger partial charge in [0.25, 0.3) is 0 Å². The monoisotopic (exact) mass is 179 g/mol. The normalized spacial score (nSPS) is 14.9. The minimum atomic E-state index is -3.39. The molecule has 0 aliphatic rings. The first-order chi connectivity index (χ1) is 4.80. The highest BCUT2D eigenvalue weighted by Crippen LogP contribution is 2.03. The zero-order valence-electron chi connectivity index (χ0n) is 6.83. The number of nitrogens with one attached hydrogen (secondary N) is 1. The van der Waals surface area contributed by atoms with E-state index in [1.165, 1.54) is 21.0 Å². The fourth-order valence-corrected chi connectivity index (χ4v) is 1.43. The molecule has 0 saturated heterocycles. The van der Waals surface area contributed by atoms with Crippen LogP contribution in [0.5, 0.6) is 0 Å². The molecule has 0 bridgehead atoms. The smallest absolute Gasteiger partial charge is 0.223 e. The summed E-state index contributed by atoms with van der Waals surface area (Å²) >= 11 is 0. The van der Waals surface area contributed by atoms with E-state index in [9.17, 15) is 8.42 Å². The van der Waals surface area contributed by atoms with E-state index in [-0.39, 0.29) is 5.84 Å². The summed E-state index contributed by atoms with van der Waals surface area (Å²) < 4.78 is 23.4. The average Bonchev–Trinajstić information content (AvgIpc) is 1.85. The Bertz CT molecular complexity index is 244. The number of rotatable bonds is 3. The molecular weight excluding hydrogens is 166 g/mol. The first-order valence-corrected chi connectivity index (χ1v) is 4.55.